The Morgan fingerprint density at radius 2 is 1.53 bits per heavy atom. The van der Waals surface area contributed by atoms with Gasteiger partial charge in [0.15, 0.2) is 5.65 Å². The Labute approximate surface area is 176 Å². The molecule has 30 heavy (non-hydrogen) atoms. The third-order valence-electron chi connectivity index (χ3n) is 5.71. The molecule has 0 radical (unpaired) electrons. The van der Waals surface area contributed by atoms with Crippen molar-refractivity contribution in [3.8, 4) is 11.4 Å². The van der Waals surface area contributed by atoms with Crippen molar-refractivity contribution >= 4 is 22.4 Å². The Morgan fingerprint density at radius 1 is 0.800 bits per heavy atom. The number of fused-ring (bicyclic) bond motifs is 1. The van der Waals surface area contributed by atoms with Crippen LogP contribution in [0.25, 0.3) is 16.7 Å². The summed E-state index contributed by atoms with van der Waals surface area (Å²) in [4.78, 5) is 9.50. The summed E-state index contributed by atoms with van der Waals surface area (Å²) in [7, 11) is 1.74. The zero-order chi connectivity index (χ0) is 20.3. The number of rotatable bonds is 4. The summed E-state index contributed by atoms with van der Waals surface area (Å²) in [5.74, 6) is 0.932. The number of anilines is 2. The molecule has 0 saturated carbocycles. The van der Waals surface area contributed by atoms with Crippen molar-refractivity contribution in [1.82, 2.24) is 14.8 Å². The molecule has 0 aliphatic carbocycles. The van der Waals surface area contributed by atoms with E-state index < -0.39 is 0 Å². The minimum absolute atomic E-state index is 0.893. The number of aromatic nitrogens is 3. The molecule has 6 nitrogen and oxygen atoms in total. The van der Waals surface area contributed by atoms with E-state index in [4.69, 9.17) is 4.74 Å². The van der Waals surface area contributed by atoms with Crippen LogP contribution in [0.3, 0.4) is 0 Å². The first-order valence-corrected chi connectivity index (χ1v) is 10.4. The number of para-hydroxylation sites is 3. The lowest BCUT2D eigenvalue weighted by Crippen LogP contribution is -2.31. The monoisotopic (exact) mass is 399 g/mol. The van der Waals surface area contributed by atoms with E-state index in [2.05, 4.69) is 50.2 Å². The molecule has 0 unspecified atom stereocenters. The van der Waals surface area contributed by atoms with Gasteiger partial charge in [-0.15, -0.1) is 0 Å². The average Bonchev–Trinajstić information content (AvgIpc) is 3.10. The Hall–Kier alpha value is -3.54. The van der Waals surface area contributed by atoms with Crippen LogP contribution in [-0.2, 0) is 0 Å². The molecule has 2 aromatic heterocycles. The Morgan fingerprint density at radius 3 is 2.33 bits per heavy atom. The van der Waals surface area contributed by atoms with Gasteiger partial charge in [-0.3, -0.25) is 0 Å². The van der Waals surface area contributed by atoms with Gasteiger partial charge in [0.2, 0.25) is 0 Å². The third-order valence-corrected chi connectivity index (χ3v) is 5.71. The van der Waals surface area contributed by atoms with Crippen molar-refractivity contribution in [2.24, 2.45) is 0 Å². The van der Waals surface area contributed by atoms with Crippen LogP contribution in [0.4, 0.5) is 11.4 Å². The number of hydrogen-bond donors (Lipinski definition) is 0. The van der Waals surface area contributed by atoms with Crippen molar-refractivity contribution in [3.05, 3.63) is 73.1 Å². The summed E-state index contributed by atoms with van der Waals surface area (Å²) in [6.45, 7) is 3.89. The SMILES string of the molecule is COc1ccccc1N1CCCN(c2ccnc3c2cnn3-c2ccccc2)CC1. The van der Waals surface area contributed by atoms with E-state index >= 15 is 0 Å². The van der Waals surface area contributed by atoms with Crippen LogP contribution in [0.1, 0.15) is 6.42 Å². The number of pyridine rings is 1. The van der Waals surface area contributed by atoms with Crippen LogP contribution in [0.2, 0.25) is 0 Å². The van der Waals surface area contributed by atoms with Crippen LogP contribution in [0.5, 0.6) is 5.75 Å². The summed E-state index contributed by atoms with van der Waals surface area (Å²) in [6.07, 6.45) is 4.91. The fourth-order valence-electron chi connectivity index (χ4n) is 4.24. The van der Waals surface area contributed by atoms with Gasteiger partial charge >= 0.3 is 0 Å². The lowest BCUT2D eigenvalue weighted by Gasteiger charge is -2.26. The van der Waals surface area contributed by atoms with Gasteiger partial charge in [0.25, 0.3) is 0 Å². The lowest BCUT2D eigenvalue weighted by molar-refractivity contribution is 0.414. The zero-order valence-corrected chi connectivity index (χ0v) is 17.1. The second-order valence-corrected chi connectivity index (χ2v) is 7.46. The Kier molecular flexibility index (Phi) is 4.97. The number of nitrogens with zero attached hydrogens (tertiary/aromatic N) is 5. The first-order chi connectivity index (χ1) is 14.8. The molecule has 0 N–H and O–H groups in total. The molecule has 2 aromatic carbocycles. The first kappa shape index (κ1) is 18.5. The van der Waals surface area contributed by atoms with Crippen LogP contribution < -0.4 is 14.5 Å². The molecule has 0 bridgehead atoms. The van der Waals surface area contributed by atoms with Crippen LogP contribution in [0, 0.1) is 0 Å². The number of hydrogen-bond acceptors (Lipinski definition) is 5. The van der Waals surface area contributed by atoms with Crippen LogP contribution in [0.15, 0.2) is 73.1 Å². The maximum atomic E-state index is 5.58. The molecular weight excluding hydrogens is 374 g/mol. The number of benzene rings is 2. The first-order valence-electron chi connectivity index (χ1n) is 10.4. The van der Waals surface area contributed by atoms with E-state index in [0.717, 1.165) is 55.1 Å². The van der Waals surface area contributed by atoms with Gasteiger partial charge in [-0.1, -0.05) is 30.3 Å². The predicted octanol–water partition coefficient (Wildman–Crippen LogP) is 4.15. The second kappa shape index (κ2) is 8.06. The maximum absolute atomic E-state index is 5.58. The summed E-state index contributed by atoms with van der Waals surface area (Å²) in [5.41, 5.74) is 4.28. The van der Waals surface area contributed by atoms with E-state index in [0.29, 0.717) is 0 Å². The number of methoxy groups -OCH3 is 1. The fraction of sp³-hybridized carbons (Fsp3) is 0.250. The molecule has 3 heterocycles. The second-order valence-electron chi connectivity index (χ2n) is 7.46. The van der Waals surface area contributed by atoms with Crippen molar-refractivity contribution in [3.63, 3.8) is 0 Å². The molecule has 152 valence electrons. The van der Waals surface area contributed by atoms with Gasteiger partial charge in [0.05, 0.1) is 35.8 Å². The van der Waals surface area contributed by atoms with Gasteiger partial charge in [-0.25, -0.2) is 9.67 Å². The average molecular weight is 399 g/mol. The summed E-state index contributed by atoms with van der Waals surface area (Å²) in [6, 6.07) is 20.5. The summed E-state index contributed by atoms with van der Waals surface area (Å²) >= 11 is 0. The largest absolute Gasteiger partial charge is 0.495 e. The molecule has 0 atom stereocenters. The molecule has 1 aliphatic heterocycles. The van der Waals surface area contributed by atoms with E-state index in [9.17, 15) is 0 Å². The van der Waals surface area contributed by atoms with E-state index in [1.807, 2.05) is 47.4 Å². The Balaban J connectivity index is 1.43. The topological polar surface area (TPSA) is 46.4 Å². The molecule has 5 rings (SSSR count). The predicted molar refractivity (Wildman–Crippen MR) is 121 cm³/mol. The minimum Gasteiger partial charge on any atom is -0.495 e. The van der Waals surface area contributed by atoms with Crippen LogP contribution in [-0.4, -0.2) is 48.1 Å². The molecule has 1 fully saturated rings. The van der Waals surface area contributed by atoms with Crippen molar-refractivity contribution in [2.45, 2.75) is 6.42 Å². The van der Waals surface area contributed by atoms with Gasteiger partial charge in [0, 0.05) is 32.4 Å². The van der Waals surface area contributed by atoms with Crippen LogP contribution >= 0.6 is 0 Å². The molecule has 6 heteroatoms. The maximum Gasteiger partial charge on any atom is 0.164 e. The van der Waals surface area contributed by atoms with Gasteiger partial charge in [0.1, 0.15) is 5.75 Å². The van der Waals surface area contributed by atoms with E-state index in [-0.39, 0.29) is 0 Å². The molecule has 1 aliphatic rings. The van der Waals surface area contributed by atoms with Gasteiger partial charge in [-0.2, -0.15) is 5.10 Å². The highest BCUT2D eigenvalue weighted by molar-refractivity contribution is 5.90. The molecule has 1 saturated heterocycles. The normalized spacial score (nSPS) is 14.7. The third kappa shape index (κ3) is 3.34. The highest BCUT2D eigenvalue weighted by Crippen LogP contribution is 2.31. The molecular formula is C24H25N5O. The highest BCUT2D eigenvalue weighted by atomic mass is 16.5. The lowest BCUT2D eigenvalue weighted by atomic mass is 10.2. The fourth-order valence-corrected chi connectivity index (χ4v) is 4.24. The van der Waals surface area contributed by atoms with E-state index in [1.54, 1.807) is 7.11 Å². The van der Waals surface area contributed by atoms with Crippen molar-refractivity contribution < 1.29 is 4.74 Å². The summed E-state index contributed by atoms with van der Waals surface area (Å²) < 4.78 is 7.49. The van der Waals surface area contributed by atoms with Crippen molar-refractivity contribution in [2.75, 3.05) is 43.1 Å². The minimum atomic E-state index is 0.893. The molecule has 0 spiro atoms. The standard InChI is InChI=1S/C24H25N5O/c1-30-23-11-6-5-10-22(23)28-15-7-14-27(16-17-28)21-12-13-25-24-20(21)18-26-29(24)19-8-3-2-4-9-19/h2-6,8-13,18H,7,14-17H2,1H3. The highest BCUT2D eigenvalue weighted by Gasteiger charge is 2.20. The Bertz CT molecular complexity index is 1140. The van der Waals surface area contributed by atoms with Crippen molar-refractivity contribution in [1.29, 1.82) is 0 Å². The van der Waals surface area contributed by atoms with Gasteiger partial charge in [-0.05, 0) is 36.8 Å². The molecule has 4 aromatic rings. The van der Waals surface area contributed by atoms with Gasteiger partial charge < -0.3 is 14.5 Å². The number of ether oxygens (including phenoxy) is 1. The smallest absolute Gasteiger partial charge is 0.164 e. The quantitative estimate of drug-likeness (QED) is 0.516. The zero-order valence-electron chi connectivity index (χ0n) is 17.1. The summed E-state index contributed by atoms with van der Waals surface area (Å²) in [5, 5.41) is 5.72. The molecule has 0 amide bonds. The van der Waals surface area contributed by atoms with E-state index in [1.165, 1.54) is 11.4 Å².